The molecule has 0 aliphatic carbocycles. The molecule has 0 aliphatic rings. The molecular formula is C18H21NO2S. The van der Waals surface area contributed by atoms with Crippen molar-refractivity contribution in [1.29, 1.82) is 0 Å². The Morgan fingerprint density at radius 1 is 1.14 bits per heavy atom. The molecule has 0 heterocycles. The third kappa shape index (κ3) is 4.28. The molecule has 2 aromatic rings. The van der Waals surface area contributed by atoms with Gasteiger partial charge in [0.05, 0.1) is 5.69 Å². The van der Waals surface area contributed by atoms with Crippen molar-refractivity contribution in [1.82, 2.24) is 0 Å². The first-order valence-electron chi connectivity index (χ1n) is 7.32. The molecule has 3 nitrogen and oxygen atoms in total. The molecule has 2 rings (SSSR count). The smallest absolute Gasteiger partial charge is 0.262 e. The number of carbonyl (C=O) groups excluding carboxylic acids is 1. The number of hydrogen-bond donors (Lipinski definition) is 1. The van der Waals surface area contributed by atoms with Gasteiger partial charge in [0.25, 0.3) is 5.91 Å². The minimum Gasteiger partial charge on any atom is -0.483 e. The lowest BCUT2D eigenvalue weighted by Gasteiger charge is -2.12. The lowest BCUT2D eigenvalue weighted by Crippen LogP contribution is -2.20. The van der Waals surface area contributed by atoms with Crippen molar-refractivity contribution in [2.45, 2.75) is 25.7 Å². The van der Waals surface area contributed by atoms with Crippen molar-refractivity contribution >= 4 is 23.4 Å². The van der Waals surface area contributed by atoms with Gasteiger partial charge in [0, 0.05) is 4.90 Å². The topological polar surface area (TPSA) is 38.3 Å². The van der Waals surface area contributed by atoms with Crippen molar-refractivity contribution in [2.24, 2.45) is 0 Å². The highest BCUT2D eigenvalue weighted by atomic mass is 32.2. The Balaban J connectivity index is 1.97. The maximum atomic E-state index is 12.1. The first-order chi connectivity index (χ1) is 10.6. The number of hydrogen-bond acceptors (Lipinski definition) is 3. The van der Waals surface area contributed by atoms with Gasteiger partial charge >= 0.3 is 0 Å². The standard InChI is InChI=1S/C18H21NO2S/c1-4-22-17-11-6-5-9-15(17)19-18(20)12-21-16-10-7-8-13(2)14(16)3/h5-11H,4,12H2,1-3H3,(H,19,20). The van der Waals surface area contributed by atoms with Gasteiger partial charge in [-0.3, -0.25) is 4.79 Å². The molecule has 0 aliphatic heterocycles. The summed E-state index contributed by atoms with van der Waals surface area (Å²) in [6.45, 7) is 6.12. The molecule has 0 saturated heterocycles. The van der Waals surface area contributed by atoms with Crippen LogP contribution in [0.4, 0.5) is 5.69 Å². The van der Waals surface area contributed by atoms with Gasteiger partial charge in [-0.2, -0.15) is 0 Å². The summed E-state index contributed by atoms with van der Waals surface area (Å²) in [5.74, 6) is 1.57. The molecule has 0 unspecified atom stereocenters. The number of para-hydroxylation sites is 1. The van der Waals surface area contributed by atoms with E-state index in [9.17, 15) is 4.79 Å². The van der Waals surface area contributed by atoms with Crippen LogP contribution in [0.15, 0.2) is 47.4 Å². The van der Waals surface area contributed by atoms with Crippen molar-refractivity contribution in [2.75, 3.05) is 17.7 Å². The van der Waals surface area contributed by atoms with Gasteiger partial charge in [-0.15, -0.1) is 11.8 Å². The van der Waals surface area contributed by atoms with E-state index >= 15 is 0 Å². The van der Waals surface area contributed by atoms with Crippen LogP contribution < -0.4 is 10.1 Å². The Morgan fingerprint density at radius 2 is 1.91 bits per heavy atom. The average molecular weight is 315 g/mol. The van der Waals surface area contributed by atoms with Gasteiger partial charge in [0.1, 0.15) is 5.75 Å². The second kappa shape index (κ2) is 7.90. The molecule has 0 radical (unpaired) electrons. The number of rotatable bonds is 6. The van der Waals surface area contributed by atoms with Crippen molar-refractivity contribution in [3.8, 4) is 5.75 Å². The van der Waals surface area contributed by atoms with Gasteiger partial charge in [0.2, 0.25) is 0 Å². The third-order valence-corrected chi connectivity index (χ3v) is 4.33. The quantitative estimate of drug-likeness (QED) is 0.801. The van der Waals surface area contributed by atoms with Gasteiger partial charge < -0.3 is 10.1 Å². The minimum absolute atomic E-state index is 0.00934. The highest BCUT2D eigenvalue weighted by Gasteiger charge is 2.09. The monoisotopic (exact) mass is 315 g/mol. The highest BCUT2D eigenvalue weighted by molar-refractivity contribution is 7.99. The van der Waals surface area contributed by atoms with Crippen LogP contribution in [0.25, 0.3) is 0 Å². The van der Waals surface area contributed by atoms with E-state index in [0.29, 0.717) is 0 Å². The molecule has 2 aromatic carbocycles. The normalized spacial score (nSPS) is 10.3. The van der Waals surface area contributed by atoms with Crippen LogP contribution in [-0.2, 0) is 4.79 Å². The fourth-order valence-corrected chi connectivity index (χ4v) is 2.82. The van der Waals surface area contributed by atoms with E-state index in [1.165, 1.54) is 0 Å². The van der Waals surface area contributed by atoms with Crippen LogP contribution in [0, 0.1) is 13.8 Å². The van der Waals surface area contributed by atoms with Crippen molar-refractivity contribution in [3.05, 3.63) is 53.6 Å². The Morgan fingerprint density at radius 3 is 2.68 bits per heavy atom. The number of nitrogens with one attached hydrogen (secondary N) is 1. The number of ether oxygens (including phenoxy) is 1. The van der Waals surface area contributed by atoms with Crippen molar-refractivity contribution in [3.63, 3.8) is 0 Å². The number of benzene rings is 2. The predicted molar refractivity (Wildman–Crippen MR) is 92.9 cm³/mol. The molecule has 0 spiro atoms. The Kier molecular flexibility index (Phi) is 5.90. The highest BCUT2D eigenvalue weighted by Crippen LogP contribution is 2.26. The fourth-order valence-electron chi connectivity index (χ4n) is 2.06. The average Bonchev–Trinajstić information content (AvgIpc) is 2.51. The number of amides is 1. The largest absolute Gasteiger partial charge is 0.483 e. The fraction of sp³-hybridized carbons (Fsp3) is 0.278. The summed E-state index contributed by atoms with van der Waals surface area (Å²) < 4.78 is 5.63. The molecular weight excluding hydrogens is 294 g/mol. The third-order valence-electron chi connectivity index (χ3n) is 3.37. The molecule has 22 heavy (non-hydrogen) atoms. The number of anilines is 1. The van der Waals surface area contributed by atoms with Gasteiger partial charge in [0.15, 0.2) is 6.61 Å². The van der Waals surface area contributed by atoms with Crippen LogP contribution >= 0.6 is 11.8 Å². The SMILES string of the molecule is CCSc1ccccc1NC(=O)COc1cccc(C)c1C. The van der Waals surface area contributed by atoms with Crippen LogP contribution in [-0.4, -0.2) is 18.3 Å². The molecule has 0 bridgehead atoms. The molecule has 0 atom stereocenters. The van der Waals surface area contributed by atoms with Crippen LogP contribution in [0.1, 0.15) is 18.1 Å². The summed E-state index contributed by atoms with van der Waals surface area (Å²) in [5, 5.41) is 2.91. The van der Waals surface area contributed by atoms with Gasteiger partial charge in [-0.25, -0.2) is 0 Å². The van der Waals surface area contributed by atoms with Gasteiger partial charge in [-0.1, -0.05) is 31.2 Å². The maximum absolute atomic E-state index is 12.1. The van der Waals surface area contributed by atoms with Crippen LogP contribution in [0.5, 0.6) is 5.75 Å². The summed E-state index contributed by atoms with van der Waals surface area (Å²) in [6, 6.07) is 13.7. The van der Waals surface area contributed by atoms with Crippen molar-refractivity contribution < 1.29 is 9.53 Å². The maximum Gasteiger partial charge on any atom is 0.262 e. The number of thioether (sulfide) groups is 1. The summed E-state index contributed by atoms with van der Waals surface area (Å²) in [6.07, 6.45) is 0. The van der Waals surface area contributed by atoms with E-state index in [0.717, 1.165) is 33.2 Å². The zero-order valence-corrected chi connectivity index (χ0v) is 14.0. The van der Waals surface area contributed by atoms with E-state index < -0.39 is 0 Å². The molecule has 0 aromatic heterocycles. The molecule has 1 N–H and O–H groups in total. The molecule has 0 fully saturated rings. The van der Waals surface area contributed by atoms with Crippen LogP contribution in [0.3, 0.4) is 0 Å². The molecule has 0 saturated carbocycles. The molecule has 116 valence electrons. The summed E-state index contributed by atoms with van der Waals surface area (Å²) >= 11 is 1.71. The first-order valence-corrected chi connectivity index (χ1v) is 8.31. The van der Waals surface area contributed by atoms with E-state index in [-0.39, 0.29) is 12.5 Å². The zero-order chi connectivity index (χ0) is 15.9. The Hall–Kier alpha value is -1.94. The van der Waals surface area contributed by atoms with E-state index in [4.69, 9.17) is 4.74 Å². The molecule has 1 amide bonds. The van der Waals surface area contributed by atoms with Crippen LogP contribution in [0.2, 0.25) is 0 Å². The second-order valence-corrected chi connectivity index (χ2v) is 6.27. The lowest BCUT2D eigenvalue weighted by molar-refractivity contribution is -0.118. The first kappa shape index (κ1) is 16.4. The predicted octanol–water partition coefficient (Wildman–Crippen LogP) is 4.43. The van der Waals surface area contributed by atoms with E-state index in [1.54, 1.807) is 11.8 Å². The Labute approximate surface area is 136 Å². The summed E-state index contributed by atoms with van der Waals surface area (Å²) in [5.41, 5.74) is 3.06. The van der Waals surface area contributed by atoms with E-state index in [1.807, 2.05) is 56.3 Å². The second-order valence-electron chi connectivity index (χ2n) is 4.96. The van der Waals surface area contributed by atoms with Gasteiger partial charge in [-0.05, 0) is 48.9 Å². The Bertz CT molecular complexity index is 655. The number of aryl methyl sites for hydroxylation is 1. The summed E-state index contributed by atoms with van der Waals surface area (Å²) in [4.78, 5) is 13.2. The zero-order valence-electron chi connectivity index (χ0n) is 13.2. The van der Waals surface area contributed by atoms with E-state index in [2.05, 4.69) is 12.2 Å². The molecule has 4 heteroatoms. The number of carbonyl (C=O) groups is 1. The summed E-state index contributed by atoms with van der Waals surface area (Å²) in [7, 11) is 0. The lowest BCUT2D eigenvalue weighted by atomic mass is 10.1. The minimum atomic E-state index is -0.148.